The molecule has 0 spiro atoms. The number of ether oxygens (including phenoxy) is 2. The summed E-state index contributed by atoms with van der Waals surface area (Å²) >= 11 is 1.60. The van der Waals surface area contributed by atoms with E-state index in [-0.39, 0.29) is 5.91 Å². The molecule has 0 saturated carbocycles. The summed E-state index contributed by atoms with van der Waals surface area (Å²) in [6.07, 6.45) is 0. The van der Waals surface area contributed by atoms with Gasteiger partial charge in [-0.3, -0.25) is 14.7 Å². The number of carbonyl (C=O) groups is 1. The smallest absolute Gasteiger partial charge is 0.260 e. The average Bonchev–Trinajstić information content (AvgIpc) is 3.16. The van der Waals surface area contributed by atoms with Gasteiger partial charge in [-0.15, -0.1) is 0 Å². The maximum Gasteiger partial charge on any atom is 0.260 e. The molecule has 2 aromatic carbocycles. The van der Waals surface area contributed by atoms with Crippen LogP contribution in [0.5, 0.6) is 11.5 Å². The van der Waals surface area contributed by atoms with Crippen LogP contribution in [0.4, 0.5) is 0 Å². The topological polar surface area (TPSA) is 51.1 Å². The lowest BCUT2D eigenvalue weighted by molar-refractivity contribution is 0.0860. The second kappa shape index (κ2) is 8.48. The van der Waals surface area contributed by atoms with E-state index in [1.807, 2.05) is 0 Å². The first-order valence-corrected chi connectivity index (χ1v) is 9.78. The monoisotopic (exact) mass is 384 g/mol. The normalized spacial score (nSPS) is 13.5. The molecule has 5 nitrogen and oxygen atoms in total. The summed E-state index contributed by atoms with van der Waals surface area (Å²) in [6.45, 7) is 5.42. The number of benzene rings is 2. The van der Waals surface area contributed by atoms with Crippen LogP contribution >= 0.6 is 11.8 Å². The second-order valence-electron chi connectivity index (χ2n) is 6.44. The highest BCUT2D eigenvalue weighted by molar-refractivity contribution is 8.13. The number of carbonyl (C=O) groups excluding carboxylic acids is 1. The van der Waals surface area contributed by atoms with Gasteiger partial charge in [0, 0.05) is 23.9 Å². The lowest BCUT2D eigenvalue weighted by Crippen LogP contribution is -2.32. The van der Waals surface area contributed by atoms with Crippen molar-refractivity contribution in [1.29, 1.82) is 0 Å². The Morgan fingerprint density at radius 3 is 2.48 bits per heavy atom. The van der Waals surface area contributed by atoms with Crippen molar-refractivity contribution < 1.29 is 14.3 Å². The van der Waals surface area contributed by atoms with Gasteiger partial charge in [-0.25, -0.2) is 0 Å². The molecule has 1 amide bonds. The van der Waals surface area contributed by atoms with E-state index >= 15 is 0 Å². The summed E-state index contributed by atoms with van der Waals surface area (Å²) < 4.78 is 10.6. The predicted octanol–water partition coefficient (Wildman–Crippen LogP) is 4.07. The summed E-state index contributed by atoms with van der Waals surface area (Å²) in [5.74, 6) is 1.89. The summed E-state index contributed by atoms with van der Waals surface area (Å²) in [6, 6.07) is 11.7. The third kappa shape index (κ3) is 4.45. The Morgan fingerprint density at radius 2 is 1.81 bits per heavy atom. The predicted molar refractivity (Wildman–Crippen MR) is 110 cm³/mol. The standard InChI is InChI=1S/C21H24N2O3S/c1-14-5-6-15(2)17(9-14)13-27-21-22-7-8-23(21)20(24)16-10-18(25-3)12-19(11-16)26-4/h5-6,9-12H,7-8,13H2,1-4H3. The van der Waals surface area contributed by atoms with Gasteiger partial charge in [0.25, 0.3) is 5.91 Å². The first-order valence-electron chi connectivity index (χ1n) is 8.80. The molecule has 2 aromatic rings. The zero-order valence-electron chi connectivity index (χ0n) is 16.1. The van der Waals surface area contributed by atoms with Crippen LogP contribution in [0, 0.1) is 13.8 Å². The fourth-order valence-corrected chi connectivity index (χ4v) is 4.03. The quantitative estimate of drug-likeness (QED) is 0.780. The van der Waals surface area contributed by atoms with Crippen molar-refractivity contribution in [3.05, 3.63) is 58.7 Å². The molecule has 0 unspecified atom stereocenters. The number of nitrogens with zero attached hydrogens (tertiary/aromatic N) is 2. The zero-order valence-corrected chi connectivity index (χ0v) is 16.9. The highest BCUT2D eigenvalue weighted by Crippen LogP contribution is 2.27. The SMILES string of the molecule is COc1cc(OC)cc(C(=O)N2CCN=C2SCc2cc(C)ccc2C)c1. The Bertz CT molecular complexity index is 857. The van der Waals surface area contributed by atoms with E-state index in [4.69, 9.17) is 9.47 Å². The number of amidine groups is 1. The maximum absolute atomic E-state index is 13.0. The van der Waals surface area contributed by atoms with Gasteiger partial charge >= 0.3 is 0 Å². The lowest BCUT2D eigenvalue weighted by Gasteiger charge is -2.19. The molecule has 6 heteroatoms. The molecule has 0 saturated heterocycles. The molecule has 27 heavy (non-hydrogen) atoms. The Balaban J connectivity index is 1.76. The van der Waals surface area contributed by atoms with E-state index in [0.717, 1.165) is 10.9 Å². The highest BCUT2D eigenvalue weighted by Gasteiger charge is 2.26. The van der Waals surface area contributed by atoms with E-state index in [9.17, 15) is 4.79 Å². The summed E-state index contributed by atoms with van der Waals surface area (Å²) in [5.41, 5.74) is 4.29. The largest absolute Gasteiger partial charge is 0.497 e. The number of aryl methyl sites for hydroxylation is 2. The van der Waals surface area contributed by atoms with Gasteiger partial charge in [-0.05, 0) is 37.1 Å². The minimum absolute atomic E-state index is 0.0862. The number of hydrogen-bond donors (Lipinski definition) is 0. The van der Waals surface area contributed by atoms with Crippen LogP contribution in [0.3, 0.4) is 0 Å². The fourth-order valence-electron chi connectivity index (χ4n) is 2.92. The van der Waals surface area contributed by atoms with Crippen LogP contribution in [0.2, 0.25) is 0 Å². The molecule has 0 aliphatic carbocycles. The molecule has 0 fully saturated rings. The van der Waals surface area contributed by atoms with Crippen molar-refractivity contribution in [1.82, 2.24) is 4.90 Å². The molecule has 0 aromatic heterocycles. The van der Waals surface area contributed by atoms with Gasteiger partial charge in [-0.1, -0.05) is 35.5 Å². The van der Waals surface area contributed by atoms with Crippen LogP contribution in [-0.4, -0.2) is 43.3 Å². The molecule has 142 valence electrons. The lowest BCUT2D eigenvalue weighted by atomic mass is 10.1. The van der Waals surface area contributed by atoms with E-state index in [2.05, 4.69) is 37.0 Å². The molecule has 0 N–H and O–H groups in total. The summed E-state index contributed by atoms with van der Waals surface area (Å²) in [7, 11) is 3.15. The van der Waals surface area contributed by atoms with E-state index in [1.54, 1.807) is 49.1 Å². The molecule has 3 rings (SSSR count). The minimum atomic E-state index is -0.0862. The van der Waals surface area contributed by atoms with E-state index in [0.29, 0.717) is 30.2 Å². The molecule has 1 aliphatic rings. The fraction of sp³-hybridized carbons (Fsp3) is 0.333. The van der Waals surface area contributed by atoms with Gasteiger partial charge < -0.3 is 9.47 Å². The van der Waals surface area contributed by atoms with Crippen molar-refractivity contribution in [3.63, 3.8) is 0 Å². The minimum Gasteiger partial charge on any atom is -0.497 e. The number of amides is 1. The first kappa shape index (κ1) is 19.3. The van der Waals surface area contributed by atoms with Crippen LogP contribution < -0.4 is 9.47 Å². The average molecular weight is 385 g/mol. The van der Waals surface area contributed by atoms with Crippen molar-refractivity contribution in [3.8, 4) is 11.5 Å². The van der Waals surface area contributed by atoms with Gasteiger partial charge in [0.2, 0.25) is 0 Å². The molecule has 0 atom stereocenters. The molecule has 0 bridgehead atoms. The van der Waals surface area contributed by atoms with Crippen molar-refractivity contribution >= 4 is 22.8 Å². The second-order valence-corrected chi connectivity index (χ2v) is 7.38. The molecular weight excluding hydrogens is 360 g/mol. The number of methoxy groups -OCH3 is 2. The number of aliphatic imine (C=N–C) groups is 1. The number of thioether (sulfide) groups is 1. The summed E-state index contributed by atoms with van der Waals surface area (Å²) in [5, 5.41) is 0.766. The Hall–Kier alpha value is -2.47. The molecular formula is C21H24N2O3S. The van der Waals surface area contributed by atoms with Crippen LogP contribution in [0.1, 0.15) is 27.0 Å². The number of rotatable bonds is 5. The maximum atomic E-state index is 13.0. The zero-order chi connectivity index (χ0) is 19.4. The Morgan fingerprint density at radius 1 is 1.11 bits per heavy atom. The van der Waals surface area contributed by atoms with Gasteiger partial charge in [0.05, 0.1) is 20.8 Å². The molecule has 1 aliphatic heterocycles. The molecule has 1 heterocycles. The van der Waals surface area contributed by atoms with Gasteiger partial charge in [0.15, 0.2) is 5.17 Å². The first-order chi connectivity index (χ1) is 13.0. The Labute approximate surface area is 164 Å². The van der Waals surface area contributed by atoms with E-state index < -0.39 is 0 Å². The van der Waals surface area contributed by atoms with Crippen molar-refractivity contribution in [2.45, 2.75) is 19.6 Å². The van der Waals surface area contributed by atoms with Crippen LogP contribution in [0.15, 0.2) is 41.4 Å². The van der Waals surface area contributed by atoms with Gasteiger partial charge in [0.1, 0.15) is 11.5 Å². The number of hydrogen-bond acceptors (Lipinski definition) is 5. The highest BCUT2D eigenvalue weighted by atomic mass is 32.2. The van der Waals surface area contributed by atoms with Gasteiger partial charge in [-0.2, -0.15) is 0 Å². The van der Waals surface area contributed by atoms with Crippen molar-refractivity contribution in [2.75, 3.05) is 27.3 Å². The summed E-state index contributed by atoms with van der Waals surface area (Å²) in [4.78, 5) is 19.3. The van der Waals surface area contributed by atoms with E-state index in [1.165, 1.54) is 16.7 Å². The molecule has 0 radical (unpaired) electrons. The van der Waals surface area contributed by atoms with Crippen LogP contribution in [-0.2, 0) is 5.75 Å². The third-order valence-electron chi connectivity index (χ3n) is 4.51. The Kier molecular flexibility index (Phi) is 6.06. The van der Waals surface area contributed by atoms with Crippen molar-refractivity contribution in [2.24, 2.45) is 4.99 Å². The third-order valence-corrected chi connectivity index (χ3v) is 5.57. The van der Waals surface area contributed by atoms with Crippen LogP contribution in [0.25, 0.3) is 0 Å².